The number of nitrogens with zero attached hydrogens (tertiary/aromatic N) is 1. The lowest BCUT2D eigenvalue weighted by Gasteiger charge is -2.20. The van der Waals surface area contributed by atoms with Crippen LogP contribution in [-0.4, -0.2) is 72.4 Å². The van der Waals surface area contributed by atoms with Gasteiger partial charge < -0.3 is 20.8 Å². The first-order chi connectivity index (χ1) is 8.63. The van der Waals surface area contributed by atoms with Gasteiger partial charge in [-0.15, -0.1) is 0 Å². The summed E-state index contributed by atoms with van der Waals surface area (Å²) in [5, 5.41) is 23.2. The van der Waals surface area contributed by atoms with Crippen LogP contribution in [0.4, 0.5) is 0 Å². The van der Waals surface area contributed by atoms with Crippen molar-refractivity contribution < 1.29 is 19.8 Å². The average Bonchev–Trinajstić information content (AvgIpc) is 2.57. The Bertz CT molecular complexity index is 277. The number of hydrogen-bond donors (Lipinski definition) is 4. The monoisotopic (exact) mass is 259 g/mol. The zero-order valence-corrected chi connectivity index (χ0v) is 10.4. The number of aliphatic carboxylic acids is 1. The highest BCUT2D eigenvalue weighted by Crippen LogP contribution is 1.96. The number of aliphatic hydroxyl groups excluding tert-OH is 1. The maximum absolute atomic E-state index is 11.7. The van der Waals surface area contributed by atoms with Crippen LogP contribution in [0.15, 0.2) is 0 Å². The number of aliphatic hydroxyl groups is 1. The third kappa shape index (κ3) is 5.44. The standard InChI is InChI=1S/C11H21N3O4/c15-7-2-9(11(17)18)13-10(16)8-14-5-1-3-12-4-6-14/h9,12,15H,1-8H2,(H,13,16)(H,17,18)/t9-/m0/s1. The molecule has 0 saturated carbocycles. The number of carbonyl (C=O) groups is 2. The van der Waals surface area contributed by atoms with Gasteiger partial charge in [0.15, 0.2) is 0 Å². The number of carboxylic acid groups (broad SMARTS) is 1. The maximum atomic E-state index is 11.7. The van der Waals surface area contributed by atoms with E-state index in [9.17, 15) is 9.59 Å². The van der Waals surface area contributed by atoms with Crippen molar-refractivity contribution in [2.24, 2.45) is 0 Å². The summed E-state index contributed by atoms with van der Waals surface area (Å²) >= 11 is 0. The van der Waals surface area contributed by atoms with E-state index in [1.165, 1.54) is 0 Å². The van der Waals surface area contributed by atoms with Crippen LogP contribution < -0.4 is 10.6 Å². The Labute approximate surface area is 106 Å². The van der Waals surface area contributed by atoms with E-state index in [0.29, 0.717) is 0 Å². The minimum Gasteiger partial charge on any atom is -0.480 e. The Balaban J connectivity index is 2.36. The van der Waals surface area contributed by atoms with Crippen molar-refractivity contribution >= 4 is 11.9 Å². The van der Waals surface area contributed by atoms with Crippen molar-refractivity contribution in [3.63, 3.8) is 0 Å². The zero-order chi connectivity index (χ0) is 13.4. The van der Waals surface area contributed by atoms with Gasteiger partial charge in [0.1, 0.15) is 6.04 Å². The Kier molecular flexibility index (Phi) is 6.63. The van der Waals surface area contributed by atoms with Crippen LogP contribution in [0.3, 0.4) is 0 Å². The van der Waals surface area contributed by atoms with Gasteiger partial charge in [0.2, 0.25) is 5.91 Å². The highest BCUT2D eigenvalue weighted by Gasteiger charge is 2.20. The second kappa shape index (κ2) is 8.02. The van der Waals surface area contributed by atoms with Gasteiger partial charge in [0.05, 0.1) is 6.54 Å². The van der Waals surface area contributed by atoms with Crippen LogP contribution in [0.25, 0.3) is 0 Å². The first kappa shape index (κ1) is 14.9. The number of carbonyl (C=O) groups excluding carboxylic acids is 1. The third-order valence-electron chi connectivity index (χ3n) is 2.85. The van der Waals surface area contributed by atoms with E-state index >= 15 is 0 Å². The molecule has 104 valence electrons. The van der Waals surface area contributed by atoms with Crippen molar-refractivity contribution in [3.05, 3.63) is 0 Å². The molecule has 1 aliphatic heterocycles. The molecule has 1 atom stereocenters. The van der Waals surface area contributed by atoms with Crippen molar-refractivity contribution in [1.29, 1.82) is 0 Å². The van der Waals surface area contributed by atoms with Gasteiger partial charge in [0, 0.05) is 26.1 Å². The highest BCUT2D eigenvalue weighted by molar-refractivity contribution is 5.84. The van der Waals surface area contributed by atoms with Gasteiger partial charge in [0.25, 0.3) is 0 Å². The number of rotatable bonds is 6. The minimum absolute atomic E-state index is 0.0304. The number of amides is 1. The Morgan fingerprint density at radius 1 is 1.33 bits per heavy atom. The molecule has 0 aromatic heterocycles. The largest absolute Gasteiger partial charge is 0.480 e. The summed E-state index contributed by atoms with van der Waals surface area (Å²) in [6.07, 6.45) is 1.01. The van der Waals surface area contributed by atoms with Crippen molar-refractivity contribution in [1.82, 2.24) is 15.5 Å². The fourth-order valence-corrected chi connectivity index (χ4v) is 1.89. The smallest absolute Gasteiger partial charge is 0.326 e. The van der Waals surface area contributed by atoms with Crippen LogP contribution in [0.2, 0.25) is 0 Å². The molecule has 0 spiro atoms. The van der Waals surface area contributed by atoms with E-state index in [0.717, 1.165) is 32.6 Å². The summed E-state index contributed by atoms with van der Waals surface area (Å²) in [7, 11) is 0. The molecule has 1 fully saturated rings. The Morgan fingerprint density at radius 3 is 2.78 bits per heavy atom. The van der Waals surface area contributed by atoms with Crippen molar-refractivity contribution in [2.75, 3.05) is 39.3 Å². The van der Waals surface area contributed by atoms with Gasteiger partial charge >= 0.3 is 5.97 Å². The third-order valence-corrected chi connectivity index (χ3v) is 2.85. The molecule has 0 aromatic rings. The second-order valence-corrected chi connectivity index (χ2v) is 4.35. The number of nitrogens with one attached hydrogen (secondary N) is 2. The predicted octanol–water partition coefficient (Wildman–Crippen LogP) is -1.77. The number of carboxylic acids is 1. The topological polar surface area (TPSA) is 102 Å². The van der Waals surface area contributed by atoms with E-state index in [-0.39, 0.29) is 25.5 Å². The molecule has 7 heteroatoms. The van der Waals surface area contributed by atoms with Crippen LogP contribution in [0.5, 0.6) is 0 Å². The number of hydrogen-bond acceptors (Lipinski definition) is 5. The molecule has 7 nitrogen and oxygen atoms in total. The van der Waals surface area contributed by atoms with Gasteiger partial charge in [-0.1, -0.05) is 0 Å². The highest BCUT2D eigenvalue weighted by atomic mass is 16.4. The van der Waals surface area contributed by atoms with Crippen LogP contribution in [-0.2, 0) is 9.59 Å². The molecule has 4 N–H and O–H groups in total. The molecule has 1 heterocycles. The van der Waals surface area contributed by atoms with Gasteiger partial charge in [-0.05, 0) is 19.5 Å². The van der Waals surface area contributed by atoms with Gasteiger partial charge in [-0.3, -0.25) is 9.69 Å². The summed E-state index contributed by atoms with van der Waals surface area (Å²) in [6.45, 7) is 3.34. The van der Waals surface area contributed by atoms with Crippen molar-refractivity contribution in [2.45, 2.75) is 18.9 Å². The van der Waals surface area contributed by atoms with E-state index in [2.05, 4.69) is 10.6 Å². The van der Waals surface area contributed by atoms with E-state index in [1.807, 2.05) is 4.90 Å². The van der Waals surface area contributed by atoms with Crippen molar-refractivity contribution in [3.8, 4) is 0 Å². The predicted molar refractivity (Wildman–Crippen MR) is 65.2 cm³/mol. The molecule has 18 heavy (non-hydrogen) atoms. The van der Waals surface area contributed by atoms with Crippen LogP contribution >= 0.6 is 0 Å². The lowest BCUT2D eigenvalue weighted by atomic mass is 10.2. The minimum atomic E-state index is -1.12. The van der Waals surface area contributed by atoms with Gasteiger partial charge in [-0.2, -0.15) is 0 Å². The molecule has 0 aliphatic carbocycles. The molecule has 0 radical (unpaired) electrons. The molecule has 1 saturated heterocycles. The normalized spacial score (nSPS) is 18.9. The Morgan fingerprint density at radius 2 is 2.11 bits per heavy atom. The Hall–Kier alpha value is -1.18. The quantitative estimate of drug-likeness (QED) is 0.450. The lowest BCUT2D eigenvalue weighted by Crippen LogP contribution is -2.46. The molecular formula is C11H21N3O4. The first-order valence-electron chi connectivity index (χ1n) is 6.19. The summed E-state index contributed by atoms with van der Waals surface area (Å²) in [5.74, 6) is -1.42. The fourth-order valence-electron chi connectivity index (χ4n) is 1.89. The summed E-state index contributed by atoms with van der Waals surface area (Å²) in [6, 6.07) is -1.01. The molecule has 0 unspecified atom stereocenters. The van der Waals surface area contributed by atoms with E-state index in [1.54, 1.807) is 0 Å². The van der Waals surface area contributed by atoms with Gasteiger partial charge in [-0.25, -0.2) is 4.79 Å². The molecule has 0 aromatic carbocycles. The SMILES string of the molecule is O=C(CN1CCCNCC1)N[C@@H](CCO)C(=O)O. The molecular weight excluding hydrogens is 238 g/mol. The summed E-state index contributed by atoms with van der Waals surface area (Å²) < 4.78 is 0. The maximum Gasteiger partial charge on any atom is 0.326 e. The van der Waals surface area contributed by atoms with Crippen LogP contribution in [0.1, 0.15) is 12.8 Å². The lowest BCUT2D eigenvalue weighted by molar-refractivity contribution is -0.142. The van der Waals surface area contributed by atoms with Crippen LogP contribution in [0, 0.1) is 0 Å². The molecule has 1 amide bonds. The summed E-state index contributed by atoms with van der Waals surface area (Å²) in [4.78, 5) is 24.5. The van der Waals surface area contributed by atoms with E-state index in [4.69, 9.17) is 10.2 Å². The van der Waals surface area contributed by atoms with E-state index < -0.39 is 12.0 Å². The second-order valence-electron chi connectivity index (χ2n) is 4.35. The summed E-state index contributed by atoms with van der Waals surface area (Å²) in [5.41, 5.74) is 0. The first-order valence-corrected chi connectivity index (χ1v) is 6.19. The average molecular weight is 259 g/mol. The molecule has 0 bridgehead atoms. The zero-order valence-electron chi connectivity index (χ0n) is 10.4. The fraction of sp³-hybridized carbons (Fsp3) is 0.818. The molecule has 1 aliphatic rings. The molecule has 1 rings (SSSR count).